The second kappa shape index (κ2) is 6.69. The van der Waals surface area contributed by atoms with Crippen molar-refractivity contribution < 1.29 is 23.9 Å². The zero-order valence-electron chi connectivity index (χ0n) is 16.2. The minimum absolute atomic E-state index is 0.0889. The average molecular weight is 381 g/mol. The maximum Gasteiger partial charge on any atom is 0.329 e. The number of imide groups is 1. The molecule has 2 aliphatic carbocycles. The zero-order valence-corrected chi connectivity index (χ0v) is 16.2. The van der Waals surface area contributed by atoms with Gasteiger partial charge in [0.1, 0.15) is 6.04 Å². The number of carbonyl (C=O) groups is 4. The van der Waals surface area contributed by atoms with E-state index in [-0.39, 0.29) is 41.3 Å². The lowest BCUT2D eigenvalue weighted by atomic mass is 9.85. The van der Waals surface area contributed by atoms with Crippen molar-refractivity contribution in [1.82, 2.24) is 4.90 Å². The highest BCUT2D eigenvalue weighted by Crippen LogP contribution is 2.52. The molecule has 0 spiro atoms. The summed E-state index contributed by atoms with van der Waals surface area (Å²) in [7, 11) is 0. The number of amides is 2. The largest absolute Gasteiger partial charge is 0.456 e. The number of ether oxygens (including phenoxy) is 1. The SMILES string of the molecule is Cc1ccc(C(=O)COC(=O)[C@@H](C)N2C(=O)[C@@H]3[C@H](C2=O)[C@H]2C=C[C@H]3C2)cc1C. The van der Waals surface area contributed by atoms with Crippen LogP contribution in [0.3, 0.4) is 0 Å². The number of hydrogen-bond donors (Lipinski definition) is 0. The first kappa shape index (κ1) is 18.6. The third kappa shape index (κ3) is 2.79. The number of Topliss-reactive ketones (excluding diaryl/α,β-unsaturated/α-hetero) is 1. The monoisotopic (exact) mass is 381 g/mol. The standard InChI is InChI=1S/C22H23NO5/c1-11-4-5-14(8-12(11)2)17(24)10-28-22(27)13(3)23-20(25)18-15-6-7-16(9-15)19(18)21(23)26/h4-8,13,15-16,18-19H,9-10H2,1-3H3/t13-,15+,16+,18-,19+/m1/s1. The Labute approximate surface area is 163 Å². The van der Waals surface area contributed by atoms with Crippen molar-refractivity contribution in [3.63, 3.8) is 0 Å². The fourth-order valence-corrected chi connectivity index (χ4v) is 4.67. The summed E-state index contributed by atoms with van der Waals surface area (Å²) >= 11 is 0. The molecule has 2 fully saturated rings. The molecule has 0 aromatic heterocycles. The number of nitrogens with zero attached hydrogens (tertiary/aromatic N) is 1. The van der Waals surface area contributed by atoms with Crippen LogP contribution in [-0.4, -0.2) is 41.1 Å². The van der Waals surface area contributed by atoms with E-state index in [1.165, 1.54) is 6.92 Å². The van der Waals surface area contributed by atoms with E-state index in [1.807, 2.05) is 32.1 Å². The third-order valence-corrected chi connectivity index (χ3v) is 6.41. The first-order chi connectivity index (χ1) is 13.3. The predicted molar refractivity (Wildman–Crippen MR) is 100 cm³/mol. The van der Waals surface area contributed by atoms with Gasteiger partial charge < -0.3 is 4.74 Å². The molecule has 1 saturated heterocycles. The lowest BCUT2D eigenvalue weighted by Gasteiger charge is -2.23. The Balaban J connectivity index is 1.40. The fraction of sp³-hybridized carbons (Fsp3) is 0.455. The summed E-state index contributed by atoms with van der Waals surface area (Å²) in [6.45, 7) is 4.92. The highest BCUT2D eigenvalue weighted by atomic mass is 16.5. The highest BCUT2D eigenvalue weighted by molar-refractivity contribution is 6.09. The summed E-state index contributed by atoms with van der Waals surface area (Å²) in [4.78, 5) is 51.3. The molecule has 1 saturated carbocycles. The maximum absolute atomic E-state index is 12.8. The number of likely N-dealkylation sites (tertiary alicyclic amines) is 1. The number of ketones is 1. The van der Waals surface area contributed by atoms with Crippen molar-refractivity contribution in [1.29, 1.82) is 0 Å². The van der Waals surface area contributed by atoms with Crippen molar-refractivity contribution in [3.05, 3.63) is 47.0 Å². The van der Waals surface area contributed by atoms with Gasteiger partial charge in [0, 0.05) is 5.56 Å². The average Bonchev–Trinajstić information content (AvgIpc) is 3.35. The van der Waals surface area contributed by atoms with Gasteiger partial charge in [-0.15, -0.1) is 0 Å². The van der Waals surface area contributed by atoms with E-state index in [0.717, 1.165) is 22.4 Å². The molecule has 6 heteroatoms. The van der Waals surface area contributed by atoms with Crippen molar-refractivity contribution >= 4 is 23.6 Å². The predicted octanol–water partition coefficient (Wildman–Crippen LogP) is 2.22. The van der Waals surface area contributed by atoms with Gasteiger partial charge in [0.05, 0.1) is 11.8 Å². The van der Waals surface area contributed by atoms with Crippen LogP contribution in [0.4, 0.5) is 0 Å². The Kier molecular flexibility index (Phi) is 4.44. The molecule has 2 bridgehead atoms. The summed E-state index contributed by atoms with van der Waals surface area (Å²) in [6, 6.07) is 4.26. The van der Waals surface area contributed by atoms with Crippen molar-refractivity contribution in [2.45, 2.75) is 33.2 Å². The number of rotatable bonds is 5. The van der Waals surface area contributed by atoms with Crippen LogP contribution in [0.2, 0.25) is 0 Å². The molecule has 1 aliphatic heterocycles. The number of hydrogen-bond acceptors (Lipinski definition) is 5. The number of carbonyl (C=O) groups excluding carboxylic acids is 4. The Hall–Kier alpha value is -2.76. The first-order valence-corrected chi connectivity index (χ1v) is 9.62. The lowest BCUT2D eigenvalue weighted by Crippen LogP contribution is -2.45. The van der Waals surface area contributed by atoms with Crippen molar-refractivity contribution in [3.8, 4) is 0 Å². The van der Waals surface area contributed by atoms with Crippen molar-refractivity contribution in [2.75, 3.05) is 6.61 Å². The second-order valence-electron chi connectivity index (χ2n) is 8.05. The number of aryl methyl sites for hydroxylation is 2. The molecule has 1 heterocycles. The summed E-state index contributed by atoms with van der Waals surface area (Å²) in [5.74, 6) is -2.17. The molecular formula is C22H23NO5. The molecule has 28 heavy (non-hydrogen) atoms. The molecule has 146 valence electrons. The molecule has 2 amide bonds. The van der Waals surface area contributed by atoms with Gasteiger partial charge in [0.2, 0.25) is 11.8 Å². The normalized spacial score (nSPS) is 28.6. The van der Waals surface area contributed by atoms with E-state index in [0.29, 0.717) is 5.56 Å². The van der Waals surface area contributed by atoms with Crippen LogP contribution in [-0.2, 0) is 19.1 Å². The van der Waals surface area contributed by atoms with Crippen LogP contribution in [0, 0.1) is 37.5 Å². The Morgan fingerprint density at radius 1 is 1.07 bits per heavy atom. The van der Waals surface area contributed by atoms with Gasteiger partial charge >= 0.3 is 5.97 Å². The smallest absolute Gasteiger partial charge is 0.329 e. The van der Waals surface area contributed by atoms with Gasteiger partial charge in [-0.2, -0.15) is 0 Å². The van der Waals surface area contributed by atoms with E-state index < -0.39 is 18.6 Å². The van der Waals surface area contributed by atoms with Crippen LogP contribution in [0.25, 0.3) is 0 Å². The van der Waals surface area contributed by atoms with Crippen molar-refractivity contribution in [2.24, 2.45) is 23.7 Å². The molecule has 5 atom stereocenters. The van der Waals surface area contributed by atoms with Crippen LogP contribution in [0.1, 0.15) is 34.8 Å². The summed E-state index contributed by atoms with van der Waals surface area (Å²) in [5.41, 5.74) is 2.52. The van der Waals surface area contributed by atoms with Gasteiger partial charge in [-0.3, -0.25) is 19.3 Å². The molecular weight excluding hydrogens is 358 g/mol. The quantitative estimate of drug-likeness (QED) is 0.338. The zero-order chi connectivity index (χ0) is 20.2. The molecule has 0 unspecified atom stereocenters. The Morgan fingerprint density at radius 3 is 2.25 bits per heavy atom. The highest BCUT2D eigenvalue weighted by Gasteiger charge is 2.60. The third-order valence-electron chi connectivity index (χ3n) is 6.41. The van der Waals surface area contributed by atoms with Gasteiger partial charge in [0.15, 0.2) is 12.4 Å². The van der Waals surface area contributed by atoms with E-state index in [9.17, 15) is 19.2 Å². The summed E-state index contributed by atoms with van der Waals surface area (Å²) < 4.78 is 5.14. The fourth-order valence-electron chi connectivity index (χ4n) is 4.67. The van der Waals surface area contributed by atoms with E-state index >= 15 is 0 Å². The molecule has 6 nitrogen and oxygen atoms in total. The summed E-state index contributed by atoms with van der Waals surface area (Å²) in [5, 5.41) is 0. The van der Waals surface area contributed by atoms with E-state index in [4.69, 9.17) is 4.74 Å². The second-order valence-corrected chi connectivity index (χ2v) is 8.05. The topological polar surface area (TPSA) is 80.8 Å². The minimum Gasteiger partial charge on any atom is -0.456 e. The lowest BCUT2D eigenvalue weighted by molar-refractivity contribution is -0.157. The number of allylic oxidation sites excluding steroid dienone is 2. The molecule has 4 rings (SSSR count). The number of fused-ring (bicyclic) bond motifs is 5. The van der Waals surface area contributed by atoms with Crippen LogP contribution in [0.15, 0.2) is 30.4 Å². The van der Waals surface area contributed by atoms with Gasteiger partial charge in [-0.05, 0) is 56.2 Å². The Bertz CT molecular complexity index is 888. The molecule has 1 aromatic rings. The summed E-state index contributed by atoms with van der Waals surface area (Å²) in [6.07, 6.45) is 4.85. The molecule has 3 aliphatic rings. The number of esters is 1. The van der Waals surface area contributed by atoms with E-state index in [1.54, 1.807) is 12.1 Å². The van der Waals surface area contributed by atoms with Crippen LogP contribution < -0.4 is 0 Å². The van der Waals surface area contributed by atoms with Gasteiger partial charge in [-0.25, -0.2) is 4.79 Å². The molecule has 0 radical (unpaired) electrons. The van der Waals surface area contributed by atoms with Gasteiger partial charge in [0.25, 0.3) is 0 Å². The first-order valence-electron chi connectivity index (χ1n) is 9.62. The van der Waals surface area contributed by atoms with Crippen LogP contribution >= 0.6 is 0 Å². The minimum atomic E-state index is -1.03. The Morgan fingerprint density at radius 2 is 1.68 bits per heavy atom. The number of benzene rings is 1. The van der Waals surface area contributed by atoms with E-state index in [2.05, 4.69) is 0 Å². The molecule has 0 N–H and O–H groups in total. The van der Waals surface area contributed by atoms with Crippen LogP contribution in [0.5, 0.6) is 0 Å². The van der Waals surface area contributed by atoms with Gasteiger partial charge in [-0.1, -0.05) is 24.3 Å². The molecule has 1 aromatic carbocycles. The maximum atomic E-state index is 12.8.